The second kappa shape index (κ2) is 20.5. The molecule has 294 valence electrons. The molecule has 0 fully saturated rings. The first-order chi connectivity index (χ1) is 28.0. The largest absolute Gasteiger partial charge is 0.184 e. The summed E-state index contributed by atoms with van der Waals surface area (Å²) in [6, 6.07) is 54.1. The molecule has 0 amide bonds. The number of hydrogen-bond donors (Lipinski definition) is 0. The number of rotatable bonds is 6. The van der Waals surface area contributed by atoms with Crippen molar-refractivity contribution in [2.45, 2.75) is 68.2 Å². The molecule has 1 aliphatic heterocycles. The molecule has 2 radical (unpaired) electrons. The predicted octanol–water partition coefficient (Wildman–Crippen LogP) is 14.6. The SMILES string of the molecule is Cc1cccc(-c2cccc3[cH-]c(CC(C)C)cc23)c1C.Cc1cccc(-c2cccc3[cH-]c(CC(C)C)cc23)c1C.[Cl][Zr][Cl].[c-]1cccc2c1[Si]c1ccccc1-2. The minimum absolute atomic E-state index is 0.700. The van der Waals surface area contributed by atoms with Crippen LogP contribution in [0.5, 0.6) is 0 Å². The Labute approximate surface area is 368 Å². The molecule has 0 saturated carbocycles. The van der Waals surface area contributed by atoms with E-state index in [0.717, 1.165) is 22.4 Å². The van der Waals surface area contributed by atoms with Gasteiger partial charge in [0.05, 0.1) is 9.52 Å². The summed E-state index contributed by atoms with van der Waals surface area (Å²) in [5.41, 5.74) is 16.6. The number of aryl methyl sites for hydroxylation is 2. The zero-order chi connectivity index (χ0) is 41.3. The van der Waals surface area contributed by atoms with Crippen LogP contribution in [0.15, 0.2) is 140 Å². The Morgan fingerprint density at radius 2 is 0.966 bits per heavy atom. The average molecular weight is 892 g/mol. The summed E-state index contributed by atoms with van der Waals surface area (Å²) in [6.07, 6.45) is 2.31. The Bertz CT molecular complexity index is 2430. The summed E-state index contributed by atoms with van der Waals surface area (Å²) < 4.78 is 0. The number of halogens is 2. The van der Waals surface area contributed by atoms with Gasteiger partial charge in [0.2, 0.25) is 0 Å². The second-order valence-corrected chi connectivity index (χ2v) is 21.3. The minimum Gasteiger partial charge on any atom is -0.184 e. The third-order valence-corrected chi connectivity index (χ3v) is 12.4. The van der Waals surface area contributed by atoms with Crippen LogP contribution in [0.3, 0.4) is 0 Å². The fourth-order valence-corrected chi connectivity index (χ4v) is 9.36. The van der Waals surface area contributed by atoms with Crippen LogP contribution < -0.4 is 10.4 Å². The van der Waals surface area contributed by atoms with Crippen molar-refractivity contribution in [3.63, 3.8) is 0 Å². The van der Waals surface area contributed by atoms with E-state index in [-0.39, 0.29) is 0 Å². The quantitative estimate of drug-likeness (QED) is 0.115. The molecular weight excluding hydrogens is 839 g/mol. The van der Waals surface area contributed by atoms with Crippen LogP contribution in [-0.4, -0.2) is 9.52 Å². The molecule has 0 saturated heterocycles. The normalized spacial score (nSPS) is 11.3. The second-order valence-electron chi connectivity index (χ2n) is 16.2. The monoisotopic (exact) mass is 889 g/mol. The van der Waals surface area contributed by atoms with Gasteiger partial charge < -0.3 is 0 Å². The predicted molar refractivity (Wildman–Crippen MR) is 253 cm³/mol. The van der Waals surface area contributed by atoms with Crippen LogP contribution in [0.2, 0.25) is 0 Å². The van der Waals surface area contributed by atoms with Gasteiger partial charge in [0.25, 0.3) is 0 Å². The smallest absolute Gasteiger partial charge is 0.0920 e. The van der Waals surface area contributed by atoms with Crippen LogP contribution in [-0.2, 0) is 33.7 Å². The molecule has 0 atom stereocenters. The maximum absolute atomic E-state index is 4.93. The van der Waals surface area contributed by atoms with E-state index >= 15 is 0 Å². The van der Waals surface area contributed by atoms with Gasteiger partial charge in [-0.05, 0) is 85.8 Å². The van der Waals surface area contributed by atoms with Gasteiger partial charge >= 0.3 is 37.9 Å². The molecule has 0 aromatic heterocycles. The number of hydrogen-bond acceptors (Lipinski definition) is 0. The average Bonchev–Trinajstić information content (AvgIpc) is 3.92. The maximum Gasteiger partial charge on any atom is 0.0920 e. The Morgan fingerprint density at radius 3 is 1.47 bits per heavy atom. The molecule has 58 heavy (non-hydrogen) atoms. The third-order valence-electron chi connectivity index (χ3n) is 11.0. The third kappa shape index (κ3) is 10.5. The van der Waals surface area contributed by atoms with Crippen molar-refractivity contribution < 1.29 is 20.8 Å². The van der Waals surface area contributed by atoms with E-state index in [4.69, 9.17) is 17.0 Å². The molecule has 0 nitrogen and oxygen atoms in total. The first-order valence-electron chi connectivity index (χ1n) is 20.3. The molecule has 0 aliphatic carbocycles. The van der Waals surface area contributed by atoms with E-state index in [1.807, 2.05) is 6.07 Å². The van der Waals surface area contributed by atoms with Gasteiger partial charge in [-0.25, -0.2) is 0 Å². The molecule has 4 heteroatoms. The van der Waals surface area contributed by atoms with E-state index in [2.05, 4.69) is 195 Å². The van der Waals surface area contributed by atoms with Crippen LogP contribution in [0, 0.1) is 45.6 Å². The van der Waals surface area contributed by atoms with E-state index in [1.165, 1.54) is 98.7 Å². The molecule has 0 unspecified atom stereocenters. The van der Waals surface area contributed by atoms with Gasteiger partial charge in [0.1, 0.15) is 0 Å². The molecule has 9 rings (SSSR count). The van der Waals surface area contributed by atoms with E-state index in [0.29, 0.717) is 11.8 Å². The Kier molecular flexibility index (Phi) is 15.4. The van der Waals surface area contributed by atoms with E-state index < -0.39 is 20.8 Å². The molecule has 0 N–H and O–H groups in total. The van der Waals surface area contributed by atoms with Crippen LogP contribution in [0.4, 0.5) is 0 Å². The van der Waals surface area contributed by atoms with Gasteiger partial charge in [-0.1, -0.05) is 122 Å². The summed E-state index contributed by atoms with van der Waals surface area (Å²) in [6.45, 7) is 17.9. The maximum atomic E-state index is 4.93. The van der Waals surface area contributed by atoms with E-state index in [9.17, 15) is 0 Å². The Balaban J connectivity index is 0.000000145. The molecule has 0 spiro atoms. The summed E-state index contributed by atoms with van der Waals surface area (Å²) >= 11 is -0.826. The number of fused-ring (bicyclic) bond motifs is 5. The summed E-state index contributed by atoms with van der Waals surface area (Å²) in [7, 11) is 10.7. The fraction of sp³-hybridized carbons (Fsp3) is 0.222. The van der Waals surface area contributed by atoms with Gasteiger partial charge in [-0.15, -0.1) is 74.6 Å². The van der Waals surface area contributed by atoms with Crippen molar-refractivity contribution in [1.82, 2.24) is 0 Å². The topological polar surface area (TPSA) is 0 Å². The van der Waals surface area contributed by atoms with Crippen molar-refractivity contribution in [3.05, 3.63) is 179 Å². The zero-order valence-electron chi connectivity index (χ0n) is 35.1. The first-order valence-corrected chi connectivity index (χ1v) is 27.6. The van der Waals surface area contributed by atoms with Crippen molar-refractivity contribution in [3.8, 4) is 33.4 Å². The minimum atomic E-state index is -0.826. The summed E-state index contributed by atoms with van der Waals surface area (Å²) in [4.78, 5) is 0. The molecule has 8 aromatic rings. The standard InChI is InChI=1S/2C21H23.C12H7Si.2ClH.Zr/c2*1-14(2)11-17-12-18-8-6-10-20(21(18)13-17)19-9-5-7-15(3)16(19)4;1-3-7-11-9(5-1)10-6-2-4-8-12(10)13-11;;;/h2*5-10,12-14H,11H2,1-4H3;1-7H;2*1H;/q3*-1;;;+2/p-2. The molecular formula is C54H53Cl2SiZr-3. The Morgan fingerprint density at radius 1 is 0.534 bits per heavy atom. The van der Waals surface area contributed by atoms with Gasteiger partial charge in [0, 0.05) is 0 Å². The number of benzene rings is 6. The van der Waals surface area contributed by atoms with Crippen molar-refractivity contribution in [2.75, 3.05) is 0 Å². The van der Waals surface area contributed by atoms with Gasteiger partial charge in [0.15, 0.2) is 0 Å². The van der Waals surface area contributed by atoms with Crippen LogP contribution in [0.1, 0.15) is 61.1 Å². The fourth-order valence-electron chi connectivity index (χ4n) is 8.05. The van der Waals surface area contributed by atoms with Gasteiger partial charge in [-0.2, -0.15) is 41.6 Å². The zero-order valence-corrected chi connectivity index (χ0v) is 40.1. The summed E-state index contributed by atoms with van der Waals surface area (Å²) in [5.74, 6) is 1.40. The van der Waals surface area contributed by atoms with Crippen molar-refractivity contribution in [1.29, 1.82) is 0 Å². The molecule has 0 bridgehead atoms. The first kappa shape index (κ1) is 43.8. The molecule has 8 aromatic carbocycles. The van der Waals surface area contributed by atoms with Crippen molar-refractivity contribution >= 4 is 58.5 Å². The summed E-state index contributed by atoms with van der Waals surface area (Å²) in [5, 5.41) is 8.33. The van der Waals surface area contributed by atoms with Crippen molar-refractivity contribution in [2.24, 2.45) is 11.8 Å². The molecule has 1 aliphatic rings. The molecule has 1 heterocycles. The van der Waals surface area contributed by atoms with Gasteiger partial charge in [-0.3, -0.25) is 0 Å². The Hall–Kier alpha value is -3.78. The van der Waals surface area contributed by atoms with Crippen LogP contribution in [0.25, 0.3) is 54.9 Å². The van der Waals surface area contributed by atoms with Crippen LogP contribution >= 0.6 is 17.0 Å². The van der Waals surface area contributed by atoms with E-state index in [1.54, 1.807) is 0 Å².